The Balaban J connectivity index is 1.54. The van der Waals surface area contributed by atoms with Gasteiger partial charge in [0.15, 0.2) is 0 Å². The zero-order valence-electron chi connectivity index (χ0n) is 16.8. The summed E-state index contributed by atoms with van der Waals surface area (Å²) in [4.78, 5) is 6.50. The molecule has 6 nitrogen and oxygen atoms in total. The van der Waals surface area contributed by atoms with Crippen molar-refractivity contribution in [2.75, 3.05) is 19.4 Å². The number of nitrogens with zero attached hydrogens (tertiary/aromatic N) is 3. The van der Waals surface area contributed by atoms with Gasteiger partial charge in [-0.05, 0) is 56.3 Å². The minimum atomic E-state index is -3.39. The van der Waals surface area contributed by atoms with E-state index in [-0.39, 0.29) is 17.0 Å². The fourth-order valence-corrected chi connectivity index (χ4v) is 5.96. The van der Waals surface area contributed by atoms with Crippen molar-refractivity contribution in [1.82, 2.24) is 14.5 Å². The van der Waals surface area contributed by atoms with Gasteiger partial charge < -0.3 is 9.30 Å². The third-order valence-electron chi connectivity index (χ3n) is 5.52. The summed E-state index contributed by atoms with van der Waals surface area (Å²) in [6.07, 6.45) is 5.74. The summed E-state index contributed by atoms with van der Waals surface area (Å²) in [6.45, 7) is 2.61. The molecule has 0 radical (unpaired) electrons. The molecular weight excluding hydrogens is 410 g/mol. The molecule has 0 amide bonds. The topological polar surface area (TPSA) is 64.4 Å². The fraction of sp³-hybridized carbons (Fsp3) is 0.571. The highest BCUT2D eigenvalue weighted by molar-refractivity contribution is 7.91. The first-order chi connectivity index (χ1) is 13.9. The van der Waals surface area contributed by atoms with Crippen LogP contribution in [0.1, 0.15) is 36.9 Å². The molecule has 1 aliphatic carbocycles. The van der Waals surface area contributed by atoms with Gasteiger partial charge in [0.2, 0.25) is 15.0 Å². The summed E-state index contributed by atoms with van der Waals surface area (Å²) in [7, 11) is -1.37. The first-order valence-corrected chi connectivity index (χ1v) is 12.3. The van der Waals surface area contributed by atoms with Gasteiger partial charge in [-0.15, -0.1) is 0 Å². The van der Waals surface area contributed by atoms with Crippen LogP contribution in [0.5, 0.6) is 0 Å². The summed E-state index contributed by atoms with van der Waals surface area (Å²) in [6, 6.07) is 7.79. The molecular formula is C21H28ClN3O3S. The number of sulfone groups is 1. The number of ether oxygens (including phenoxy) is 1. The summed E-state index contributed by atoms with van der Waals surface area (Å²) < 4.78 is 33.6. The molecule has 1 aliphatic heterocycles. The second-order valence-corrected chi connectivity index (χ2v) is 10.7. The number of halogens is 1. The van der Waals surface area contributed by atoms with E-state index in [2.05, 4.69) is 9.88 Å². The Morgan fingerprint density at radius 2 is 2.10 bits per heavy atom. The standard InChI is InChI=1S/C21H28ClN3O3S/c1-24(12-17-4-2-5-18(22)10-17)13-19-11-23-21(29(26,27)15-16-7-8-16)25(19)14-20-6-3-9-28-20/h2,4-5,10-11,16,20H,3,6-9,12-15H2,1H3. The third kappa shape index (κ3) is 5.40. The predicted octanol–water partition coefficient (Wildman–Crippen LogP) is 3.53. The van der Waals surface area contributed by atoms with Crippen LogP contribution in [-0.2, 0) is 34.2 Å². The first-order valence-electron chi connectivity index (χ1n) is 10.2. The Hall–Kier alpha value is -1.41. The minimum Gasteiger partial charge on any atom is -0.376 e. The molecule has 0 N–H and O–H groups in total. The third-order valence-corrected chi connectivity index (χ3v) is 7.54. The monoisotopic (exact) mass is 437 g/mol. The van der Waals surface area contributed by atoms with Gasteiger partial charge >= 0.3 is 0 Å². The fourth-order valence-electron chi connectivity index (χ4n) is 3.90. The molecule has 2 aliphatic rings. The lowest BCUT2D eigenvalue weighted by Crippen LogP contribution is -2.25. The van der Waals surface area contributed by atoms with Crippen LogP contribution < -0.4 is 0 Å². The maximum atomic E-state index is 13.0. The van der Waals surface area contributed by atoms with Crippen LogP contribution in [0.25, 0.3) is 0 Å². The van der Waals surface area contributed by atoms with E-state index < -0.39 is 9.84 Å². The molecule has 2 aromatic rings. The first kappa shape index (κ1) is 20.8. The van der Waals surface area contributed by atoms with Crippen LogP contribution in [0.3, 0.4) is 0 Å². The van der Waals surface area contributed by atoms with Crippen molar-refractivity contribution in [1.29, 1.82) is 0 Å². The van der Waals surface area contributed by atoms with Crippen LogP contribution in [0.2, 0.25) is 5.02 Å². The smallest absolute Gasteiger partial charge is 0.227 e. The lowest BCUT2D eigenvalue weighted by Gasteiger charge is -2.20. The number of hydrogen-bond acceptors (Lipinski definition) is 5. The number of benzene rings is 1. The summed E-state index contributed by atoms with van der Waals surface area (Å²) in [5.41, 5.74) is 2.02. The molecule has 4 rings (SSSR count). The molecule has 2 heterocycles. The minimum absolute atomic E-state index is 0.0519. The van der Waals surface area contributed by atoms with E-state index in [0.29, 0.717) is 24.0 Å². The summed E-state index contributed by atoms with van der Waals surface area (Å²) >= 11 is 6.10. The molecule has 0 spiro atoms. The van der Waals surface area contributed by atoms with Crippen LogP contribution in [-0.4, -0.2) is 48.4 Å². The molecule has 158 valence electrons. The van der Waals surface area contributed by atoms with Gasteiger partial charge in [0.05, 0.1) is 30.3 Å². The Morgan fingerprint density at radius 1 is 1.28 bits per heavy atom. The summed E-state index contributed by atoms with van der Waals surface area (Å²) in [5.74, 6) is 0.495. The second kappa shape index (κ2) is 8.76. The zero-order chi connectivity index (χ0) is 20.4. The van der Waals surface area contributed by atoms with Gasteiger partial charge in [0.25, 0.3) is 0 Å². The van der Waals surface area contributed by atoms with E-state index in [1.165, 1.54) is 0 Å². The number of aromatic nitrogens is 2. The largest absolute Gasteiger partial charge is 0.376 e. The van der Waals surface area contributed by atoms with Crippen molar-refractivity contribution in [2.45, 2.75) is 56.6 Å². The molecule has 29 heavy (non-hydrogen) atoms. The van der Waals surface area contributed by atoms with Gasteiger partial charge in [0, 0.05) is 24.7 Å². The van der Waals surface area contributed by atoms with E-state index in [9.17, 15) is 8.42 Å². The molecule has 8 heteroatoms. The van der Waals surface area contributed by atoms with Gasteiger partial charge in [-0.1, -0.05) is 23.7 Å². The average Bonchev–Trinajstić information content (AvgIpc) is 3.14. The maximum Gasteiger partial charge on any atom is 0.227 e. The SMILES string of the molecule is CN(Cc1cccc(Cl)c1)Cc1cnc(S(=O)(=O)CC2CC2)n1CC1CCCO1. The Labute approximate surface area is 177 Å². The van der Waals surface area contributed by atoms with Crippen molar-refractivity contribution in [3.63, 3.8) is 0 Å². The van der Waals surface area contributed by atoms with E-state index in [4.69, 9.17) is 16.3 Å². The Bertz CT molecular complexity index is 950. The van der Waals surface area contributed by atoms with Crippen LogP contribution in [0.4, 0.5) is 0 Å². The van der Waals surface area contributed by atoms with Crippen LogP contribution >= 0.6 is 11.6 Å². The van der Waals surface area contributed by atoms with Crippen molar-refractivity contribution >= 4 is 21.4 Å². The molecule has 1 saturated heterocycles. The lowest BCUT2D eigenvalue weighted by atomic mass is 10.2. The molecule has 1 atom stereocenters. The molecule has 1 aromatic carbocycles. The van der Waals surface area contributed by atoms with Crippen molar-refractivity contribution < 1.29 is 13.2 Å². The molecule has 1 saturated carbocycles. The maximum absolute atomic E-state index is 13.0. The second-order valence-electron chi connectivity index (χ2n) is 8.30. The lowest BCUT2D eigenvalue weighted by molar-refractivity contribution is 0.0934. The van der Waals surface area contributed by atoms with E-state index in [1.807, 2.05) is 35.9 Å². The molecule has 1 aromatic heterocycles. The summed E-state index contributed by atoms with van der Waals surface area (Å²) in [5, 5.41) is 0.916. The molecule has 2 fully saturated rings. The normalized spacial score (nSPS) is 19.9. The quantitative estimate of drug-likeness (QED) is 0.600. The van der Waals surface area contributed by atoms with Crippen molar-refractivity contribution in [3.05, 3.63) is 46.7 Å². The van der Waals surface area contributed by atoms with Crippen LogP contribution in [0.15, 0.2) is 35.6 Å². The van der Waals surface area contributed by atoms with E-state index in [1.54, 1.807) is 6.20 Å². The highest BCUT2D eigenvalue weighted by Gasteiger charge is 2.33. The number of hydrogen-bond donors (Lipinski definition) is 0. The average molecular weight is 438 g/mol. The van der Waals surface area contributed by atoms with Gasteiger partial charge in [-0.3, -0.25) is 4.90 Å². The van der Waals surface area contributed by atoms with Crippen molar-refractivity contribution in [2.24, 2.45) is 5.92 Å². The zero-order valence-corrected chi connectivity index (χ0v) is 18.3. The van der Waals surface area contributed by atoms with Gasteiger partial charge in [-0.2, -0.15) is 0 Å². The van der Waals surface area contributed by atoms with Gasteiger partial charge in [-0.25, -0.2) is 13.4 Å². The highest BCUT2D eigenvalue weighted by Crippen LogP contribution is 2.32. The number of rotatable bonds is 9. The number of imidazole rings is 1. The van der Waals surface area contributed by atoms with E-state index >= 15 is 0 Å². The predicted molar refractivity (Wildman–Crippen MR) is 113 cm³/mol. The Kier molecular flexibility index (Phi) is 6.30. The highest BCUT2D eigenvalue weighted by atomic mass is 35.5. The van der Waals surface area contributed by atoms with Crippen molar-refractivity contribution in [3.8, 4) is 0 Å². The van der Waals surface area contributed by atoms with E-state index in [0.717, 1.165) is 50.1 Å². The van der Waals surface area contributed by atoms with Crippen LogP contribution in [0, 0.1) is 5.92 Å². The van der Waals surface area contributed by atoms with Gasteiger partial charge in [0.1, 0.15) is 0 Å². The molecule has 1 unspecified atom stereocenters. The molecule has 0 bridgehead atoms. The Morgan fingerprint density at radius 3 is 2.79 bits per heavy atom.